The Morgan fingerprint density at radius 1 is 1.09 bits per heavy atom. The molecule has 1 aliphatic rings. The summed E-state index contributed by atoms with van der Waals surface area (Å²) < 4.78 is 31.6. The molecule has 0 unspecified atom stereocenters. The van der Waals surface area contributed by atoms with Gasteiger partial charge in [-0.05, 0) is 55.6 Å². The number of sulfonamides is 1. The molecule has 1 saturated heterocycles. The summed E-state index contributed by atoms with van der Waals surface area (Å²) in [5.74, 6) is 0.198. The standard InChI is InChI=1S/C25H35N3O4S/c1-4-24(28(33(3,30)31)22-9-8-10-23(17-22)32-2)25(29)26-18-20-11-13-21(14-12-20)19-27-15-6-5-7-16-27/h8-14,17,24H,4-7,15-16,18-19H2,1-3H3,(H,26,29)/t24-/m1/s1. The van der Waals surface area contributed by atoms with E-state index in [4.69, 9.17) is 4.74 Å². The SMILES string of the molecule is CC[C@H](C(=O)NCc1ccc(CN2CCCCC2)cc1)N(c1cccc(OC)c1)S(C)(=O)=O. The Kier molecular flexibility index (Phi) is 8.74. The predicted octanol–water partition coefficient (Wildman–Crippen LogP) is 3.54. The lowest BCUT2D eigenvalue weighted by molar-refractivity contribution is -0.122. The highest BCUT2D eigenvalue weighted by Crippen LogP contribution is 2.26. The molecule has 8 heteroatoms. The van der Waals surface area contributed by atoms with E-state index >= 15 is 0 Å². The van der Waals surface area contributed by atoms with Crippen molar-refractivity contribution in [2.75, 3.05) is 30.8 Å². The smallest absolute Gasteiger partial charge is 0.244 e. The third-order valence-corrected chi connectivity index (χ3v) is 7.16. The number of benzene rings is 2. The highest BCUT2D eigenvalue weighted by Gasteiger charge is 2.31. The molecule has 7 nitrogen and oxygen atoms in total. The molecular weight excluding hydrogens is 438 g/mol. The van der Waals surface area contributed by atoms with Crippen molar-refractivity contribution in [3.8, 4) is 5.75 Å². The van der Waals surface area contributed by atoms with Gasteiger partial charge < -0.3 is 10.1 Å². The quantitative estimate of drug-likeness (QED) is 0.571. The molecule has 0 spiro atoms. The fourth-order valence-corrected chi connectivity index (χ4v) is 5.46. The fraction of sp³-hybridized carbons (Fsp3) is 0.480. The van der Waals surface area contributed by atoms with Gasteiger partial charge in [0.1, 0.15) is 11.8 Å². The molecule has 0 radical (unpaired) electrons. The number of piperidine rings is 1. The molecular formula is C25H35N3O4S. The first-order chi connectivity index (χ1) is 15.8. The Morgan fingerprint density at radius 3 is 2.36 bits per heavy atom. The first-order valence-electron chi connectivity index (χ1n) is 11.5. The summed E-state index contributed by atoms with van der Waals surface area (Å²) in [5.41, 5.74) is 2.65. The summed E-state index contributed by atoms with van der Waals surface area (Å²) in [6.45, 7) is 5.40. The van der Waals surface area contributed by atoms with Gasteiger partial charge in [0.2, 0.25) is 15.9 Å². The number of carbonyl (C=O) groups is 1. The molecule has 0 bridgehead atoms. The van der Waals surface area contributed by atoms with Crippen molar-refractivity contribution >= 4 is 21.6 Å². The van der Waals surface area contributed by atoms with Crippen molar-refractivity contribution in [2.45, 2.75) is 51.7 Å². The summed E-state index contributed by atoms with van der Waals surface area (Å²) in [6.07, 6.45) is 5.31. The second-order valence-electron chi connectivity index (χ2n) is 8.56. The Bertz CT molecular complexity index is 1020. The zero-order chi connectivity index (χ0) is 23.8. The average Bonchev–Trinajstić information content (AvgIpc) is 2.81. The minimum Gasteiger partial charge on any atom is -0.497 e. The van der Waals surface area contributed by atoms with E-state index in [0.717, 1.165) is 31.5 Å². The first kappa shape index (κ1) is 25.1. The molecule has 3 rings (SSSR count). The Balaban J connectivity index is 1.66. The number of carbonyl (C=O) groups excluding carboxylic acids is 1. The molecule has 0 aliphatic carbocycles. The molecule has 1 heterocycles. The van der Waals surface area contributed by atoms with Gasteiger partial charge in [-0.3, -0.25) is 14.0 Å². The molecule has 33 heavy (non-hydrogen) atoms. The van der Waals surface area contributed by atoms with E-state index in [0.29, 0.717) is 24.4 Å². The molecule has 0 saturated carbocycles. The maximum Gasteiger partial charge on any atom is 0.244 e. The molecule has 1 atom stereocenters. The van der Waals surface area contributed by atoms with Crippen LogP contribution in [0.4, 0.5) is 5.69 Å². The minimum absolute atomic E-state index is 0.330. The van der Waals surface area contributed by atoms with Gasteiger partial charge in [-0.1, -0.05) is 43.7 Å². The summed E-state index contributed by atoms with van der Waals surface area (Å²) in [6, 6.07) is 14.1. The molecule has 2 aromatic rings. The molecule has 1 amide bonds. The van der Waals surface area contributed by atoms with Crippen LogP contribution in [-0.4, -0.2) is 51.7 Å². The average molecular weight is 474 g/mol. The number of hydrogen-bond donors (Lipinski definition) is 1. The second kappa shape index (κ2) is 11.5. The van der Waals surface area contributed by atoms with Gasteiger partial charge >= 0.3 is 0 Å². The third-order valence-electron chi connectivity index (χ3n) is 5.98. The van der Waals surface area contributed by atoms with Gasteiger partial charge in [-0.15, -0.1) is 0 Å². The van der Waals surface area contributed by atoms with Gasteiger partial charge in [0.25, 0.3) is 0 Å². The van der Waals surface area contributed by atoms with Gasteiger partial charge in [-0.25, -0.2) is 8.42 Å². The topological polar surface area (TPSA) is 79.0 Å². The molecule has 1 fully saturated rings. The van der Waals surface area contributed by atoms with Crippen molar-refractivity contribution in [3.05, 3.63) is 59.7 Å². The molecule has 2 aromatic carbocycles. The lowest BCUT2D eigenvalue weighted by Crippen LogP contribution is -2.49. The summed E-state index contributed by atoms with van der Waals surface area (Å²) in [7, 11) is -2.17. The number of hydrogen-bond acceptors (Lipinski definition) is 5. The van der Waals surface area contributed by atoms with E-state index in [9.17, 15) is 13.2 Å². The lowest BCUT2D eigenvalue weighted by Gasteiger charge is -2.30. The predicted molar refractivity (Wildman–Crippen MR) is 132 cm³/mol. The van der Waals surface area contributed by atoms with E-state index in [1.807, 2.05) is 12.1 Å². The molecule has 1 aliphatic heterocycles. The van der Waals surface area contributed by atoms with Crippen LogP contribution >= 0.6 is 0 Å². The zero-order valence-corrected chi connectivity index (χ0v) is 20.6. The number of methoxy groups -OCH3 is 1. The molecule has 180 valence electrons. The lowest BCUT2D eigenvalue weighted by atomic mass is 10.1. The number of rotatable bonds is 10. The van der Waals surface area contributed by atoms with E-state index in [1.165, 1.54) is 36.2 Å². The Morgan fingerprint density at radius 2 is 1.76 bits per heavy atom. The molecule has 0 aromatic heterocycles. The summed E-state index contributed by atoms with van der Waals surface area (Å²) >= 11 is 0. The largest absolute Gasteiger partial charge is 0.497 e. The number of nitrogens with one attached hydrogen (secondary N) is 1. The highest BCUT2D eigenvalue weighted by atomic mass is 32.2. The van der Waals surface area contributed by atoms with Crippen LogP contribution in [0.15, 0.2) is 48.5 Å². The van der Waals surface area contributed by atoms with Crippen molar-refractivity contribution in [1.29, 1.82) is 0 Å². The minimum atomic E-state index is -3.69. The van der Waals surface area contributed by atoms with Crippen molar-refractivity contribution in [2.24, 2.45) is 0 Å². The Labute approximate surface area is 197 Å². The maximum atomic E-state index is 13.0. The third kappa shape index (κ3) is 6.95. The summed E-state index contributed by atoms with van der Waals surface area (Å²) in [5, 5.41) is 2.92. The fourth-order valence-electron chi connectivity index (χ4n) is 4.25. The van der Waals surface area contributed by atoms with E-state index < -0.39 is 16.1 Å². The summed E-state index contributed by atoms with van der Waals surface area (Å²) in [4.78, 5) is 15.5. The Hall–Kier alpha value is -2.58. The van der Waals surface area contributed by atoms with Crippen LogP contribution in [0.25, 0.3) is 0 Å². The number of anilines is 1. The van der Waals surface area contributed by atoms with Crippen molar-refractivity contribution in [3.63, 3.8) is 0 Å². The normalized spacial score (nSPS) is 15.6. The van der Waals surface area contributed by atoms with Crippen LogP contribution in [0.1, 0.15) is 43.7 Å². The highest BCUT2D eigenvalue weighted by molar-refractivity contribution is 7.92. The van der Waals surface area contributed by atoms with Gasteiger partial charge in [0, 0.05) is 19.2 Å². The van der Waals surface area contributed by atoms with Gasteiger partial charge in [-0.2, -0.15) is 0 Å². The van der Waals surface area contributed by atoms with Crippen LogP contribution in [-0.2, 0) is 27.9 Å². The second-order valence-corrected chi connectivity index (χ2v) is 10.4. The monoisotopic (exact) mass is 473 g/mol. The van der Waals surface area contributed by atoms with Crippen LogP contribution in [0.5, 0.6) is 5.75 Å². The van der Waals surface area contributed by atoms with E-state index in [-0.39, 0.29) is 5.91 Å². The van der Waals surface area contributed by atoms with Crippen LogP contribution in [0, 0.1) is 0 Å². The van der Waals surface area contributed by atoms with Crippen LogP contribution in [0.3, 0.4) is 0 Å². The zero-order valence-electron chi connectivity index (χ0n) is 19.8. The van der Waals surface area contributed by atoms with E-state index in [1.54, 1.807) is 31.2 Å². The van der Waals surface area contributed by atoms with Gasteiger partial charge in [0.05, 0.1) is 19.1 Å². The number of likely N-dealkylation sites (tertiary alicyclic amines) is 1. The number of amides is 1. The molecule has 1 N–H and O–H groups in total. The maximum absolute atomic E-state index is 13.0. The number of ether oxygens (including phenoxy) is 1. The van der Waals surface area contributed by atoms with Crippen LogP contribution in [0.2, 0.25) is 0 Å². The first-order valence-corrected chi connectivity index (χ1v) is 13.4. The van der Waals surface area contributed by atoms with Crippen molar-refractivity contribution < 1.29 is 17.9 Å². The number of nitrogens with zero attached hydrogens (tertiary/aromatic N) is 2. The van der Waals surface area contributed by atoms with E-state index in [2.05, 4.69) is 22.3 Å². The van der Waals surface area contributed by atoms with Crippen molar-refractivity contribution in [1.82, 2.24) is 10.2 Å². The van der Waals surface area contributed by atoms with Crippen LogP contribution < -0.4 is 14.4 Å². The van der Waals surface area contributed by atoms with Gasteiger partial charge in [0.15, 0.2) is 0 Å².